The molecule has 1 aromatic rings. The van der Waals surface area contributed by atoms with E-state index in [0.717, 1.165) is 0 Å². The van der Waals surface area contributed by atoms with Gasteiger partial charge in [-0.25, -0.2) is 0 Å². The monoisotopic (exact) mass is 209 g/mol. The topological polar surface area (TPSA) is 45.4 Å². The van der Waals surface area contributed by atoms with E-state index in [2.05, 4.69) is 5.32 Å². The van der Waals surface area contributed by atoms with Crippen LogP contribution in [0.3, 0.4) is 0 Å². The van der Waals surface area contributed by atoms with Crippen LogP contribution in [0.15, 0.2) is 22.8 Å². The highest BCUT2D eigenvalue weighted by atomic mass is 19.4. The molecule has 3 nitrogen and oxygen atoms in total. The minimum Gasteiger partial charge on any atom is -0.468 e. The Morgan fingerprint density at radius 1 is 1.50 bits per heavy atom. The van der Waals surface area contributed by atoms with Crippen LogP contribution in [0.1, 0.15) is 5.76 Å². The number of nitrogens with one attached hydrogen (secondary N) is 1. The highest BCUT2D eigenvalue weighted by molar-refractivity contribution is 4.97. The van der Waals surface area contributed by atoms with Crippen molar-refractivity contribution in [3.05, 3.63) is 24.2 Å². The van der Waals surface area contributed by atoms with Crippen LogP contribution >= 0.6 is 0 Å². The number of rotatable bonds is 4. The summed E-state index contributed by atoms with van der Waals surface area (Å²) in [6.45, 7) is -0.371. The number of aliphatic hydroxyl groups is 1. The molecule has 0 aliphatic heterocycles. The van der Waals surface area contributed by atoms with Crippen molar-refractivity contribution >= 4 is 0 Å². The van der Waals surface area contributed by atoms with E-state index in [1.165, 1.54) is 6.26 Å². The SMILES string of the molecule is O[C@H](CNCc1ccco1)C(F)(F)F. The Morgan fingerprint density at radius 3 is 2.71 bits per heavy atom. The Balaban J connectivity index is 2.22. The zero-order valence-corrected chi connectivity index (χ0v) is 7.21. The molecular weight excluding hydrogens is 199 g/mol. The lowest BCUT2D eigenvalue weighted by Crippen LogP contribution is -2.38. The van der Waals surface area contributed by atoms with Crippen molar-refractivity contribution < 1.29 is 22.7 Å². The summed E-state index contributed by atoms with van der Waals surface area (Å²) in [5.74, 6) is 0.527. The van der Waals surface area contributed by atoms with Crippen LogP contribution in [0.25, 0.3) is 0 Å². The van der Waals surface area contributed by atoms with Gasteiger partial charge in [0, 0.05) is 6.54 Å². The van der Waals surface area contributed by atoms with Crippen molar-refractivity contribution in [2.45, 2.75) is 18.8 Å². The van der Waals surface area contributed by atoms with Crippen LogP contribution in [0.5, 0.6) is 0 Å². The van der Waals surface area contributed by atoms with E-state index >= 15 is 0 Å². The molecule has 0 fully saturated rings. The van der Waals surface area contributed by atoms with Gasteiger partial charge < -0.3 is 14.8 Å². The van der Waals surface area contributed by atoms with E-state index < -0.39 is 18.8 Å². The first-order valence-electron chi connectivity index (χ1n) is 3.98. The van der Waals surface area contributed by atoms with Gasteiger partial charge in [-0.2, -0.15) is 13.2 Å². The summed E-state index contributed by atoms with van der Waals surface area (Å²) < 4.78 is 40.3. The fourth-order valence-electron chi connectivity index (χ4n) is 0.861. The molecule has 0 saturated carbocycles. The van der Waals surface area contributed by atoms with Crippen molar-refractivity contribution in [1.29, 1.82) is 0 Å². The van der Waals surface area contributed by atoms with Crippen molar-refractivity contribution in [3.63, 3.8) is 0 Å². The third-order valence-corrected chi connectivity index (χ3v) is 1.59. The molecule has 0 aliphatic rings. The summed E-state index contributed by atoms with van der Waals surface area (Å²) in [6, 6.07) is 3.27. The third-order valence-electron chi connectivity index (χ3n) is 1.59. The summed E-state index contributed by atoms with van der Waals surface area (Å²) in [6.07, 6.45) is -5.48. The lowest BCUT2D eigenvalue weighted by molar-refractivity contribution is -0.201. The van der Waals surface area contributed by atoms with Gasteiger partial charge >= 0.3 is 6.18 Å². The van der Waals surface area contributed by atoms with Crippen LogP contribution < -0.4 is 5.32 Å². The minimum atomic E-state index is -4.57. The van der Waals surface area contributed by atoms with Gasteiger partial charge in [-0.3, -0.25) is 0 Å². The quantitative estimate of drug-likeness (QED) is 0.785. The van der Waals surface area contributed by atoms with Crippen LogP contribution in [-0.2, 0) is 6.54 Å². The Morgan fingerprint density at radius 2 is 2.21 bits per heavy atom. The normalized spacial score (nSPS) is 14.3. The molecule has 14 heavy (non-hydrogen) atoms. The van der Waals surface area contributed by atoms with Crippen LogP contribution in [0.2, 0.25) is 0 Å². The lowest BCUT2D eigenvalue weighted by atomic mass is 10.3. The zero-order chi connectivity index (χ0) is 10.6. The number of halogens is 3. The molecule has 0 aromatic carbocycles. The minimum absolute atomic E-state index is 0.167. The molecule has 0 saturated heterocycles. The molecule has 0 spiro atoms. The summed E-state index contributed by atoms with van der Waals surface area (Å²) >= 11 is 0. The van der Waals surface area contributed by atoms with Gasteiger partial charge in [-0.1, -0.05) is 0 Å². The largest absolute Gasteiger partial charge is 0.468 e. The average Bonchev–Trinajstić information content (AvgIpc) is 2.55. The van der Waals surface area contributed by atoms with Crippen LogP contribution in [-0.4, -0.2) is 23.9 Å². The molecule has 6 heteroatoms. The maximum Gasteiger partial charge on any atom is 0.415 e. The van der Waals surface area contributed by atoms with E-state index in [1.807, 2.05) is 0 Å². The first kappa shape index (κ1) is 11.1. The average molecular weight is 209 g/mol. The second-order valence-electron chi connectivity index (χ2n) is 2.77. The maximum absolute atomic E-state index is 11.8. The summed E-state index contributed by atoms with van der Waals surface area (Å²) in [4.78, 5) is 0. The Kier molecular flexibility index (Phi) is 3.54. The molecule has 0 bridgehead atoms. The molecular formula is C8H10F3NO2. The molecule has 80 valence electrons. The summed E-state index contributed by atoms with van der Waals surface area (Å²) in [7, 11) is 0. The van der Waals surface area contributed by atoms with Gasteiger partial charge in [-0.05, 0) is 12.1 Å². The Labute approximate surface area is 78.5 Å². The van der Waals surface area contributed by atoms with Crippen LogP contribution in [0, 0.1) is 0 Å². The highest BCUT2D eigenvalue weighted by Crippen LogP contribution is 2.19. The predicted octanol–water partition coefficient (Wildman–Crippen LogP) is 1.29. The number of hydrogen-bond donors (Lipinski definition) is 2. The van der Waals surface area contributed by atoms with E-state index in [1.54, 1.807) is 12.1 Å². The molecule has 0 radical (unpaired) electrons. The fraction of sp³-hybridized carbons (Fsp3) is 0.500. The fourth-order valence-corrected chi connectivity index (χ4v) is 0.861. The van der Waals surface area contributed by atoms with Gasteiger partial charge in [0.1, 0.15) is 5.76 Å². The predicted molar refractivity (Wildman–Crippen MR) is 42.5 cm³/mol. The van der Waals surface area contributed by atoms with Crippen molar-refractivity contribution in [3.8, 4) is 0 Å². The molecule has 0 aliphatic carbocycles. The molecule has 1 rings (SSSR count). The Bertz CT molecular complexity index is 258. The summed E-state index contributed by atoms with van der Waals surface area (Å²) in [5.41, 5.74) is 0. The van der Waals surface area contributed by atoms with Crippen molar-refractivity contribution in [2.75, 3.05) is 6.54 Å². The molecule has 0 amide bonds. The third kappa shape index (κ3) is 3.39. The molecule has 1 heterocycles. The maximum atomic E-state index is 11.8. The molecule has 1 atom stereocenters. The van der Waals surface area contributed by atoms with Gasteiger partial charge in [0.05, 0.1) is 12.8 Å². The van der Waals surface area contributed by atoms with Crippen molar-refractivity contribution in [1.82, 2.24) is 5.32 Å². The number of furan rings is 1. The van der Waals surface area contributed by atoms with E-state index in [9.17, 15) is 13.2 Å². The van der Waals surface area contributed by atoms with Crippen molar-refractivity contribution in [2.24, 2.45) is 0 Å². The molecule has 2 N–H and O–H groups in total. The standard InChI is InChI=1S/C8H10F3NO2/c9-8(10,11)7(13)5-12-4-6-2-1-3-14-6/h1-3,7,12-13H,4-5H2/t7-/m1/s1. The smallest absolute Gasteiger partial charge is 0.415 e. The van der Waals surface area contributed by atoms with E-state index in [0.29, 0.717) is 5.76 Å². The number of alkyl halides is 3. The van der Waals surface area contributed by atoms with Crippen LogP contribution in [0.4, 0.5) is 13.2 Å². The zero-order valence-electron chi connectivity index (χ0n) is 7.21. The van der Waals surface area contributed by atoms with E-state index in [4.69, 9.17) is 9.52 Å². The number of hydrogen-bond acceptors (Lipinski definition) is 3. The van der Waals surface area contributed by atoms with E-state index in [-0.39, 0.29) is 6.54 Å². The second-order valence-corrected chi connectivity index (χ2v) is 2.77. The van der Waals surface area contributed by atoms with Gasteiger partial charge in [-0.15, -0.1) is 0 Å². The highest BCUT2D eigenvalue weighted by Gasteiger charge is 2.37. The lowest BCUT2D eigenvalue weighted by Gasteiger charge is -2.14. The molecule has 0 unspecified atom stereocenters. The van der Waals surface area contributed by atoms with Gasteiger partial charge in [0.15, 0.2) is 6.10 Å². The first-order valence-corrected chi connectivity index (χ1v) is 3.98. The summed E-state index contributed by atoms with van der Waals surface area (Å²) in [5, 5.41) is 11.0. The Hall–Kier alpha value is -1.01. The second kappa shape index (κ2) is 4.47. The molecule has 1 aromatic heterocycles. The number of aliphatic hydroxyl groups excluding tert-OH is 1. The van der Waals surface area contributed by atoms with Gasteiger partial charge in [0.25, 0.3) is 0 Å². The van der Waals surface area contributed by atoms with Gasteiger partial charge in [0.2, 0.25) is 0 Å². The first-order chi connectivity index (χ1) is 6.50.